The summed E-state index contributed by atoms with van der Waals surface area (Å²) in [6.45, 7) is 1.83. The molecule has 0 fully saturated rings. The van der Waals surface area contributed by atoms with Crippen molar-refractivity contribution in [2.45, 2.75) is 6.92 Å². The highest BCUT2D eigenvalue weighted by Gasteiger charge is 2.12. The molecular formula is C14H10BrClFNO. The van der Waals surface area contributed by atoms with Crippen LogP contribution in [0.5, 0.6) is 0 Å². The van der Waals surface area contributed by atoms with Crippen LogP contribution in [-0.2, 0) is 0 Å². The molecule has 0 spiro atoms. The lowest BCUT2D eigenvalue weighted by Crippen LogP contribution is -2.12. The summed E-state index contributed by atoms with van der Waals surface area (Å²) in [5.41, 5.74) is 1.72. The molecular weight excluding hydrogens is 333 g/mol. The van der Waals surface area contributed by atoms with Gasteiger partial charge in [-0.05, 0) is 52.7 Å². The van der Waals surface area contributed by atoms with Crippen LogP contribution in [0.1, 0.15) is 15.9 Å². The first-order chi connectivity index (χ1) is 8.99. The number of halogens is 3. The Balaban J connectivity index is 2.26. The molecule has 2 rings (SSSR count). The molecule has 0 radical (unpaired) electrons. The minimum absolute atomic E-state index is 0.292. The summed E-state index contributed by atoms with van der Waals surface area (Å²) in [5, 5.41) is 3.09. The Hall–Kier alpha value is -1.39. The molecule has 0 saturated carbocycles. The third kappa shape index (κ3) is 3.14. The van der Waals surface area contributed by atoms with Crippen molar-refractivity contribution >= 4 is 39.1 Å². The maximum atomic E-state index is 13.1. The van der Waals surface area contributed by atoms with Crippen LogP contribution >= 0.6 is 27.5 Å². The van der Waals surface area contributed by atoms with Gasteiger partial charge in [-0.25, -0.2) is 4.39 Å². The quantitative estimate of drug-likeness (QED) is 0.834. The molecule has 98 valence electrons. The molecule has 0 aliphatic heterocycles. The van der Waals surface area contributed by atoms with E-state index in [4.69, 9.17) is 11.6 Å². The number of aryl methyl sites for hydroxylation is 1. The second kappa shape index (κ2) is 5.72. The first kappa shape index (κ1) is 14.0. The third-order valence-corrected chi connectivity index (χ3v) is 3.72. The van der Waals surface area contributed by atoms with Crippen molar-refractivity contribution in [3.8, 4) is 0 Å². The molecule has 19 heavy (non-hydrogen) atoms. The Morgan fingerprint density at radius 1 is 1.32 bits per heavy atom. The minimum atomic E-state index is -0.383. The molecule has 0 aromatic heterocycles. The van der Waals surface area contributed by atoms with Gasteiger partial charge >= 0.3 is 0 Å². The van der Waals surface area contributed by atoms with Gasteiger partial charge in [0.2, 0.25) is 0 Å². The summed E-state index contributed by atoms with van der Waals surface area (Å²) < 4.78 is 13.4. The van der Waals surface area contributed by atoms with Crippen molar-refractivity contribution in [2.75, 3.05) is 5.32 Å². The number of anilines is 1. The van der Waals surface area contributed by atoms with E-state index in [1.165, 1.54) is 18.2 Å². The Morgan fingerprint density at radius 3 is 2.74 bits per heavy atom. The fourth-order valence-electron chi connectivity index (χ4n) is 1.60. The molecule has 0 bridgehead atoms. The van der Waals surface area contributed by atoms with Crippen LogP contribution in [0.15, 0.2) is 40.9 Å². The van der Waals surface area contributed by atoms with Crippen molar-refractivity contribution < 1.29 is 9.18 Å². The van der Waals surface area contributed by atoms with Gasteiger partial charge in [-0.2, -0.15) is 0 Å². The van der Waals surface area contributed by atoms with E-state index < -0.39 is 0 Å². The normalized spacial score (nSPS) is 10.3. The van der Waals surface area contributed by atoms with E-state index in [1.54, 1.807) is 12.1 Å². The van der Waals surface area contributed by atoms with Crippen molar-refractivity contribution in [3.05, 3.63) is 62.8 Å². The Morgan fingerprint density at radius 2 is 2.05 bits per heavy atom. The summed E-state index contributed by atoms with van der Waals surface area (Å²) >= 11 is 9.15. The molecule has 0 aliphatic carbocycles. The molecule has 2 nitrogen and oxygen atoms in total. The second-order valence-electron chi connectivity index (χ2n) is 4.02. The highest BCUT2D eigenvalue weighted by molar-refractivity contribution is 9.10. The van der Waals surface area contributed by atoms with Crippen LogP contribution in [0.2, 0.25) is 5.02 Å². The zero-order valence-corrected chi connectivity index (χ0v) is 12.3. The average Bonchev–Trinajstić information content (AvgIpc) is 2.37. The average molecular weight is 343 g/mol. The number of carbonyl (C=O) groups excluding carboxylic acids is 1. The van der Waals surface area contributed by atoms with E-state index in [-0.39, 0.29) is 11.7 Å². The Labute approximate surface area is 123 Å². The predicted octanol–water partition coefficient (Wildman–Crippen LogP) is 4.80. The van der Waals surface area contributed by atoms with E-state index in [1.807, 2.05) is 13.0 Å². The first-order valence-corrected chi connectivity index (χ1v) is 6.67. The third-order valence-electron chi connectivity index (χ3n) is 2.61. The molecule has 0 saturated heterocycles. The largest absolute Gasteiger partial charge is 0.322 e. The molecule has 2 aromatic rings. The number of rotatable bonds is 2. The lowest BCUT2D eigenvalue weighted by atomic mass is 10.1. The highest BCUT2D eigenvalue weighted by Crippen LogP contribution is 2.23. The smallest absolute Gasteiger partial charge is 0.257 e. The monoisotopic (exact) mass is 341 g/mol. The lowest BCUT2D eigenvalue weighted by molar-refractivity contribution is 0.102. The molecule has 1 amide bonds. The van der Waals surface area contributed by atoms with Gasteiger partial charge < -0.3 is 5.32 Å². The second-order valence-corrected chi connectivity index (χ2v) is 5.25. The Bertz CT molecular complexity index is 645. The van der Waals surface area contributed by atoms with Crippen molar-refractivity contribution in [3.63, 3.8) is 0 Å². The number of carbonyl (C=O) groups is 1. The zero-order valence-electron chi connectivity index (χ0n) is 10.0. The van der Waals surface area contributed by atoms with Gasteiger partial charge in [-0.1, -0.05) is 23.7 Å². The topological polar surface area (TPSA) is 29.1 Å². The Kier molecular flexibility index (Phi) is 4.22. The van der Waals surface area contributed by atoms with Crippen LogP contribution < -0.4 is 5.32 Å². The number of hydrogen-bond donors (Lipinski definition) is 1. The van der Waals surface area contributed by atoms with Crippen LogP contribution in [0.25, 0.3) is 0 Å². The van der Waals surface area contributed by atoms with Gasteiger partial charge in [-0.15, -0.1) is 0 Å². The van der Waals surface area contributed by atoms with Gasteiger partial charge in [0.05, 0.1) is 15.1 Å². The molecule has 0 heterocycles. The van der Waals surface area contributed by atoms with Crippen LogP contribution in [0.3, 0.4) is 0 Å². The standard InChI is InChI=1S/C14H10BrClFNO/c1-8-3-2-4-10(13(8)16)14(19)18-9-5-6-12(17)11(15)7-9/h2-7H,1H3,(H,18,19). The SMILES string of the molecule is Cc1cccc(C(=O)Nc2ccc(F)c(Br)c2)c1Cl. The van der Waals surface area contributed by atoms with Crippen molar-refractivity contribution in [1.82, 2.24) is 0 Å². The number of amides is 1. The van der Waals surface area contributed by atoms with Crippen LogP contribution in [-0.4, -0.2) is 5.91 Å². The van der Waals surface area contributed by atoms with Crippen molar-refractivity contribution in [2.24, 2.45) is 0 Å². The summed E-state index contributed by atoms with van der Waals surface area (Å²) in [7, 11) is 0. The number of nitrogens with one attached hydrogen (secondary N) is 1. The van der Waals surface area contributed by atoms with E-state index >= 15 is 0 Å². The van der Waals surface area contributed by atoms with E-state index in [2.05, 4.69) is 21.2 Å². The fourth-order valence-corrected chi connectivity index (χ4v) is 2.19. The maximum Gasteiger partial charge on any atom is 0.257 e. The summed E-state index contributed by atoms with van der Waals surface area (Å²) in [4.78, 5) is 12.1. The predicted molar refractivity (Wildman–Crippen MR) is 78.2 cm³/mol. The maximum absolute atomic E-state index is 13.1. The van der Waals surface area contributed by atoms with Gasteiger partial charge in [0.15, 0.2) is 0 Å². The van der Waals surface area contributed by atoms with Crippen LogP contribution in [0.4, 0.5) is 10.1 Å². The molecule has 0 unspecified atom stereocenters. The van der Waals surface area contributed by atoms with E-state index in [9.17, 15) is 9.18 Å². The minimum Gasteiger partial charge on any atom is -0.322 e. The lowest BCUT2D eigenvalue weighted by Gasteiger charge is -2.08. The number of benzene rings is 2. The summed E-state index contributed by atoms with van der Waals surface area (Å²) in [5.74, 6) is -0.709. The van der Waals surface area contributed by atoms with Gasteiger partial charge in [0.25, 0.3) is 5.91 Å². The fraction of sp³-hybridized carbons (Fsp3) is 0.0714. The van der Waals surface area contributed by atoms with E-state index in [0.717, 1.165) is 5.56 Å². The zero-order chi connectivity index (χ0) is 14.0. The summed E-state index contributed by atoms with van der Waals surface area (Å²) in [6.07, 6.45) is 0. The number of hydrogen-bond acceptors (Lipinski definition) is 1. The van der Waals surface area contributed by atoms with Gasteiger partial charge in [0, 0.05) is 5.69 Å². The molecule has 1 N–H and O–H groups in total. The van der Waals surface area contributed by atoms with E-state index in [0.29, 0.717) is 20.7 Å². The highest BCUT2D eigenvalue weighted by atomic mass is 79.9. The molecule has 0 aliphatic rings. The summed E-state index contributed by atoms with van der Waals surface area (Å²) in [6, 6.07) is 9.49. The van der Waals surface area contributed by atoms with Crippen molar-refractivity contribution in [1.29, 1.82) is 0 Å². The molecule has 2 aromatic carbocycles. The molecule has 5 heteroatoms. The van der Waals surface area contributed by atoms with Gasteiger partial charge in [-0.3, -0.25) is 4.79 Å². The molecule has 0 atom stereocenters. The first-order valence-electron chi connectivity index (χ1n) is 5.50. The van der Waals surface area contributed by atoms with Crippen LogP contribution in [0, 0.1) is 12.7 Å². The van der Waals surface area contributed by atoms with Gasteiger partial charge in [0.1, 0.15) is 5.82 Å².